The molecule has 4 rings (SSSR count). The number of carbonyl (C=O) groups is 2. The minimum Gasteiger partial charge on any atom is -0.490 e. The molecule has 0 radical (unpaired) electrons. The lowest BCUT2D eigenvalue weighted by molar-refractivity contribution is -0.0123. The number of halogens is 1. The molecule has 2 aromatic rings. The topological polar surface area (TPSA) is 138 Å². The molecule has 2 aliphatic rings. The number of urea groups is 1. The number of hydrogen-bond acceptors (Lipinski definition) is 7. The second-order valence-electron chi connectivity index (χ2n) is 13.2. The van der Waals surface area contributed by atoms with Gasteiger partial charge in [-0.15, -0.1) is 0 Å². The summed E-state index contributed by atoms with van der Waals surface area (Å²) in [7, 11) is -2.22. The first kappa shape index (κ1) is 37.8. The Bertz CT molecular complexity index is 1470. The number of aliphatic hydroxyl groups is 1. The largest absolute Gasteiger partial charge is 0.490 e. The number of nitrogens with zero attached hydrogens (tertiary/aromatic N) is 2. The molecule has 4 atom stereocenters. The first-order chi connectivity index (χ1) is 22.9. The summed E-state index contributed by atoms with van der Waals surface area (Å²) in [5.74, 6) is -0.309. The van der Waals surface area contributed by atoms with E-state index in [-0.39, 0.29) is 59.5 Å². The Morgan fingerprint density at radius 3 is 2.44 bits per heavy atom. The zero-order valence-electron chi connectivity index (χ0n) is 28.5. The molecule has 1 aliphatic heterocycles. The van der Waals surface area contributed by atoms with Crippen LogP contribution in [-0.2, 0) is 14.8 Å². The molecule has 1 fully saturated rings. The Balaban J connectivity index is 1.61. The van der Waals surface area contributed by atoms with E-state index in [1.165, 1.54) is 36.8 Å². The van der Waals surface area contributed by atoms with Crippen molar-refractivity contribution in [2.24, 2.45) is 5.92 Å². The van der Waals surface area contributed by atoms with Crippen molar-refractivity contribution in [3.05, 3.63) is 53.1 Å². The van der Waals surface area contributed by atoms with E-state index in [2.05, 4.69) is 10.0 Å². The van der Waals surface area contributed by atoms with Crippen molar-refractivity contribution >= 4 is 39.2 Å². The quantitative estimate of drug-likeness (QED) is 0.310. The van der Waals surface area contributed by atoms with E-state index in [0.29, 0.717) is 30.3 Å². The van der Waals surface area contributed by atoms with Gasteiger partial charge >= 0.3 is 6.03 Å². The zero-order valence-corrected chi connectivity index (χ0v) is 30.1. The van der Waals surface area contributed by atoms with Gasteiger partial charge < -0.3 is 29.7 Å². The SMILES string of the molecule is C[C@H]1CCCCO[C@H](CN(C)C(=O)NC2CCCCC2)[C@@H](C)CN([C@@H](C)CO)C(=O)c2cc(NS(=O)(=O)c3ccc(Cl)cc3)ccc2O1. The number of benzene rings is 2. The van der Waals surface area contributed by atoms with Crippen molar-refractivity contribution < 1.29 is 32.6 Å². The Labute approximate surface area is 290 Å². The summed E-state index contributed by atoms with van der Waals surface area (Å²) in [6.45, 7) is 6.42. The average molecular weight is 707 g/mol. The van der Waals surface area contributed by atoms with Crippen molar-refractivity contribution in [2.45, 2.75) is 101 Å². The zero-order chi connectivity index (χ0) is 34.8. The van der Waals surface area contributed by atoms with Gasteiger partial charge in [0, 0.05) is 49.4 Å². The number of amides is 3. The molecule has 3 N–H and O–H groups in total. The number of likely N-dealkylation sites (N-methyl/N-ethyl adjacent to an activating group) is 1. The van der Waals surface area contributed by atoms with Crippen LogP contribution in [0.2, 0.25) is 5.02 Å². The molecule has 48 heavy (non-hydrogen) atoms. The predicted octanol–water partition coefficient (Wildman–Crippen LogP) is 5.91. The highest BCUT2D eigenvalue weighted by atomic mass is 35.5. The molecule has 0 bridgehead atoms. The Kier molecular flexibility index (Phi) is 13.8. The van der Waals surface area contributed by atoms with Gasteiger partial charge in [-0.3, -0.25) is 9.52 Å². The van der Waals surface area contributed by atoms with Gasteiger partial charge in [-0.1, -0.05) is 37.8 Å². The average Bonchev–Trinajstić information content (AvgIpc) is 3.06. The Morgan fingerprint density at radius 1 is 1.06 bits per heavy atom. The summed E-state index contributed by atoms with van der Waals surface area (Å²) in [5.41, 5.74) is 0.357. The van der Waals surface area contributed by atoms with Crippen molar-refractivity contribution in [2.75, 3.05) is 38.1 Å². The number of fused-ring (bicyclic) bond motifs is 1. The third-order valence-electron chi connectivity index (χ3n) is 9.16. The van der Waals surface area contributed by atoms with Gasteiger partial charge in [0.25, 0.3) is 15.9 Å². The monoisotopic (exact) mass is 706 g/mol. The summed E-state index contributed by atoms with van der Waals surface area (Å²) < 4.78 is 41.6. The van der Waals surface area contributed by atoms with Crippen LogP contribution in [0, 0.1) is 5.92 Å². The lowest BCUT2D eigenvalue weighted by Crippen LogP contribution is -2.50. The number of carbonyl (C=O) groups excluding carboxylic acids is 2. The van der Waals surface area contributed by atoms with E-state index in [4.69, 9.17) is 21.1 Å². The first-order valence-corrected chi connectivity index (χ1v) is 18.9. The fourth-order valence-corrected chi connectivity index (χ4v) is 7.34. The molecular weight excluding hydrogens is 656 g/mol. The van der Waals surface area contributed by atoms with E-state index in [0.717, 1.165) is 38.5 Å². The fourth-order valence-electron chi connectivity index (χ4n) is 6.16. The number of aliphatic hydroxyl groups excluding tert-OH is 1. The molecule has 0 aromatic heterocycles. The van der Waals surface area contributed by atoms with Gasteiger partial charge in [-0.25, -0.2) is 13.2 Å². The second kappa shape index (κ2) is 17.6. The van der Waals surface area contributed by atoms with Crippen LogP contribution in [0.25, 0.3) is 0 Å². The van der Waals surface area contributed by atoms with Crippen LogP contribution in [0.5, 0.6) is 5.75 Å². The standard InChI is InChI=1S/C35H51ClN4O7S/c1-24-21-40(25(2)23-41)34(42)31-20-29(38-48(44,45)30-16-13-27(36)14-17-30)15-18-32(31)47-26(3)10-8-9-19-46-33(24)22-39(4)35(43)37-28-11-6-5-7-12-28/h13-18,20,24-26,28,33,38,41H,5-12,19,21-23H2,1-4H3,(H,37,43)/t24-,25-,26-,33+/m0/s1. The third kappa shape index (κ3) is 10.5. The van der Waals surface area contributed by atoms with Gasteiger partial charge in [0.15, 0.2) is 0 Å². The summed E-state index contributed by atoms with van der Waals surface area (Å²) >= 11 is 5.95. The lowest BCUT2D eigenvalue weighted by atomic mass is 9.96. The second-order valence-corrected chi connectivity index (χ2v) is 15.4. The van der Waals surface area contributed by atoms with Crippen LogP contribution in [0.4, 0.5) is 10.5 Å². The number of hydrogen-bond donors (Lipinski definition) is 3. The fraction of sp³-hybridized carbons (Fsp3) is 0.600. The van der Waals surface area contributed by atoms with Crippen LogP contribution in [0.3, 0.4) is 0 Å². The van der Waals surface area contributed by atoms with Crippen LogP contribution >= 0.6 is 11.6 Å². The van der Waals surface area contributed by atoms with Crippen molar-refractivity contribution in [3.63, 3.8) is 0 Å². The molecule has 1 aliphatic carbocycles. The highest BCUT2D eigenvalue weighted by Gasteiger charge is 2.31. The maximum atomic E-state index is 14.4. The smallest absolute Gasteiger partial charge is 0.317 e. The number of sulfonamides is 1. The minimum absolute atomic E-state index is 0.0240. The number of ether oxygens (including phenoxy) is 2. The van der Waals surface area contributed by atoms with Gasteiger partial charge in [0.2, 0.25) is 0 Å². The molecule has 3 amide bonds. The van der Waals surface area contributed by atoms with E-state index in [1.54, 1.807) is 35.9 Å². The summed E-state index contributed by atoms with van der Waals surface area (Å²) in [6, 6.07) is 9.91. The van der Waals surface area contributed by atoms with Crippen molar-refractivity contribution in [1.82, 2.24) is 15.1 Å². The highest BCUT2D eigenvalue weighted by molar-refractivity contribution is 7.92. The molecule has 11 nitrogen and oxygen atoms in total. The maximum Gasteiger partial charge on any atom is 0.317 e. The first-order valence-electron chi connectivity index (χ1n) is 17.0. The highest BCUT2D eigenvalue weighted by Crippen LogP contribution is 2.30. The molecule has 0 saturated heterocycles. The maximum absolute atomic E-state index is 14.4. The molecule has 1 saturated carbocycles. The molecule has 266 valence electrons. The van der Waals surface area contributed by atoms with Gasteiger partial charge in [-0.05, 0) is 88.4 Å². The molecule has 1 heterocycles. The normalized spacial score (nSPS) is 22.5. The number of nitrogens with one attached hydrogen (secondary N) is 2. The Morgan fingerprint density at radius 2 is 1.75 bits per heavy atom. The molecule has 0 spiro atoms. The van der Waals surface area contributed by atoms with E-state index >= 15 is 0 Å². The summed E-state index contributed by atoms with van der Waals surface area (Å²) in [4.78, 5) is 30.7. The van der Waals surface area contributed by atoms with Crippen LogP contribution in [0.1, 0.15) is 82.5 Å². The van der Waals surface area contributed by atoms with Crippen LogP contribution in [-0.4, -0.2) is 92.9 Å². The van der Waals surface area contributed by atoms with Gasteiger partial charge in [0.05, 0.1) is 35.3 Å². The van der Waals surface area contributed by atoms with Crippen molar-refractivity contribution in [1.29, 1.82) is 0 Å². The molecular formula is C35H51ClN4O7S. The summed E-state index contributed by atoms with van der Waals surface area (Å²) in [6.07, 6.45) is 7.14. The van der Waals surface area contributed by atoms with Gasteiger partial charge in [0.1, 0.15) is 5.75 Å². The minimum atomic E-state index is -3.98. The van der Waals surface area contributed by atoms with E-state index < -0.39 is 22.0 Å². The van der Waals surface area contributed by atoms with Gasteiger partial charge in [-0.2, -0.15) is 0 Å². The van der Waals surface area contributed by atoms with E-state index in [1.807, 2.05) is 13.8 Å². The van der Waals surface area contributed by atoms with Crippen LogP contribution in [0.15, 0.2) is 47.4 Å². The molecule has 13 heteroatoms. The van der Waals surface area contributed by atoms with Crippen LogP contribution < -0.4 is 14.8 Å². The lowest BCUT2D eigenvalue weighted by Gasteiger charge is -2.36. The number of anilines is 1. The molecule has 2 aromatic carbocycles. The number of rotatable bonds is 8. The predicted molar refractivity (Wildman–Crippen MR) is 187 cm³/mol. The molecule has 0 unspecified atom stereocenters. The Hall–Kier alpha value is -3.06. The van der Waals surface area contributed by atoms with Crippen molar-refractivity contribution in [3.8, 4) is 5.75 Å². The summed E-state index contributed by atoms with van der Waals surface area (Å²) in [5, 5.41) is 13.8. The third-order valence-corrected chi connectivity index (χ3v) is 10.8. The van der Waals surface area contributed by atoms with E-state index in [9.17, 15) is 23.1 Å².